The van der Waals surface area contributed by atoms with Crippen molar-refractivity contribution in [2.45, 2.75) is 0 Å². The standard InChI is InChI=1S/C14H9Cl2N3O/c1-20-9-4-2-8(3-5-9)12-6-10-11(7-17-12)14(16)19-18-13(10)15/h2-7H,1H3. The van der Waals surface area contributed by atoms with Crippen LogP contribution in [0.25, 0.3) is 22.0 Å². The molecule has 2 aromatic heterocycles. The second-order valence-corrected chi connectivity index (χ2v) is 4.84. The van der Waals surface area contributed by atoms with Crippen molar-refractivity contribution in [1.29, 1.82) is 0 Å². The van der Waals surface area contributed by atoms with E-state index < -0.39 is 0 Å². The number of ether oxygens (including phenoxy) is 1. The van der Waals surface area contributed by atoms with Gasteiger partial charge >= 0.3 is 0 Å². The van der Waals surface area contributed by atoms with Gasteiger partial charge in [0.2, 0.25) is 0 Å². The van der Waals surface area contributed by atoms with Crippen LogP contribution in [-0.2, 0) is 0 Å². The number of pyridine rings is 1. The molecular formula is C14H9Cl2N3O. The number of halogens is 2. The molecule has 0 aliphatic carbocycles. The third kappa shape index (κ3) is 2.28. The van der Waals surface area contributed by atoms with Crippen LogP contribution in [-0.4, -0.2) is 22.3 Å². The fraction of sp³-hybridized carbons (Fsp3) is 0.0714. The van der Waals surface area contributed by atoms with Crippen LogP contribution in [0.2, 0.25) is 10.3 Å². The van der Waals surface area contributed by atoms with Crippen LogP contribution in [0.1, 0.15) is 0 Å². The number of nitrogens with zero attached hydrogens (tertiary/aromatic N) is 3. The minimum Gasteiger partial charge on any atom is -0.497 e. The number of aromatic nitrogens is 3. The van der Waals surface area contributed by atoms with Crippen molar-refractivity contribution in [1.82, 2.24) is 15.2 Å². The van der Waals surface area contributed by atoms with Crippen LogP contribution in [0.3, 0.4) is 0 Å². The quantitative estimate of drug-likeness (QED) is 0.718. The maximum Gasteiger partial charge on any atom is 0.161 e. The maximum absolute atomic E-state index is 6.06. The molecule has 3 rings (SSSR count). The first-order valence-corrected chi connectivity index (χ1v) is 6.56. The van der Waals surface area contributed by atoms with Gasteiger partial charge in [-0.3, -0.25) is 4.98 Å². The third-order valence-electron chi connectivity index (χ3n) is 2.96. The van der Waals surface area contributed by atoms with Gasteiger partial charge in [0.1, 0.15) is 5.75 Å². The molecule has 0 N–H and O–H groups in total. The van der Waals surface area contributed by atoms with E-state index in [0.29, 0.717) is 10.5 Å². The molecule has 3 aromatic rings. The monoisotopic (exact) mass is 305 g/mol. The fourth-order valence-electron chi connectivity index (χ4n) is 1.91. The molecule has 100 valence electrons. The van der Waals surface area contributed by atoms with Crippen molar-refractivity contribution in [2.24, 2.45) is 0 Å². The van der Waals surface area contributed by atoms with Crippen LogP contribution in [0.4, 0.5) is 0 Å². The summed E-state index contributed by atoms with van der Waals surface area (Å²) >= 11 is 12.0. The lowest BCUT2D eigenvalue weighted by molar-refractivity contribution is 0.415. The Bertz CT molecular complexity index is 775. The zero-order valence-electron chi connectivity index (χ0n) is 10.5. The molecule has 0 aliphatic rings. The molecule has 0 fully saturated rings. The van der Waals surface area contributed by atoms with Crippen LogP contribution in [0.5, 0.6) is 5.75 Å². The third-order valence-corrected chi connectivity index (χ3v) is 3.52. The van der Waals surface area contributed by atoms with Gasteiger partial charge in [-0.05, 0) is 30.3 Å². The minimum atomic E-state index is 0.290. The summed E-state index contributed by atoms with van der Waals surface area (Å²) in [5, 5.41) is 9.57. The maximum atomic E-state index is 6.06. The summed E-state index contributed by atoms with van der Waals surface area (Å²) in [4.78, 5) is 4.38. The van der Waals surface area contributed by atoms with Crippen LogP contribution in [0, 0.1) is 0 Å². The molecule has 1 aromatic carbocycles. The Kier molecular flexibility index (Phi) is 3.42. The van der Waals surface area contributed by atoms with E-state index in [-0.39, 0.29) is 5.15 Å². The Morgan fingerprint density at radius 1 is 0.950 bits per heavy atom. The first kappa shape index (κ1) is 13.1. The summed E-state index contributed by atoms with van der Waals surface area (Å²) in [6, 6.07) is 9.45. The van der Waals surface area contributed by atoms with Gasteiger partial charge in [-0.15, -0.1) is 10.2 Å². The lowest BCUT2D eigenvalue weighted by Gasteiger charge is -2.06. The summed E-state index contributed by atoms with van der Waals surface area (Å²) in [5.41, 5.74) is 1.74. The molecule has 0 atom stereocenters. The summed E-state index contributed by atoms with van der Waals surface area (Å²) in [7, 11) is 1.63. The van der Waals surface area contributed by atoms with Gasteiger partial charge in [0, 0.05) is 22.5 Å². The number of methoxy groups -OCH3 is 1. The number of hydrogen-bond acceptors (Lipinski definition) is 4. The van der Waals surface area contributed by atoms with E-state index in [1.165, 1.54) is 0 Å². The average Bonchev–Trinajstić information content (AvgIpc) is 2.51. The molecule has 0 bridgehead atoms. The summed E-state index contributed by atoms with van der Waals surface area (Å²) in [5.74, 6) is 0.793. The second kappa shape index (κ2) is 5.23. The number of benzene rings is 1. The first-order valence-electron chi connectivity index (χ1n) is 5.81. The average molecular weight is 306 g/mol. The van der Waals surface area contributed by atoms with E-state index in [1.807, 2.05) is 30.3 Å². The van der Waals surface area contributed by atoms with Crippen molar-refractivity contribution in [3.8, 4) is 17.0 Å². The van der Waals surface area contributed by atoms with Crippen molar-refractivity contribution < 1.29 is 4.74 Å². The normalized spacial score (nSPS) is 10.8. The van der Waals surface area contributed by atoms with Gasteiger partial charge in [-0.25, -0.2) is 0 Å². The SMILES string of the molecule is COc1ccc(-c2cc3c(Cl)nnc(Cl)c3cn2)cc1. The molecule has 0 unspecified atom stereocenters. The summed E-state index contributed by atoms with van der Waals surface area (Å²) < 4.78 is 5.13. The molecule has 0 spiro atoms. The minimum absolute atomic E-state index is 0.290. The molecule has 0 amide bonds. The Morgan fingerprint density at radius 3 is 2.25 bits per heavy atom. The fourth-order valence-corrected chi connectivity index (χ4v) is 2.29. The van der Waals surface area contributed by atoms with Crippen LogP contribution < -0.4 is 4.74 Å². The molecule has 0 saturated heterocycles. The molecule has 4 nitrogen and oxygen atoms in total. The highest BCUT2D eigenvalue weighted by Gasteiger charge is 2.09. The second-order valence-electron chi connectivity index (χ2n) is 4.13. The predicted octanol–water partition coefficient (Wildman–Crippen LogP) is 4.01. The number of rotatable bonds is 2. The zero-order valence-corrected chi connectivity index (χ0v) is 12.0. The van der Waals surface area contributed by atoms with Gasteiger partial charge in [0.15, 0.2) is 10.3 Å². The lowest BCUT2D eigenvalue weighted by atomic mass is 10.1. The van der Waals surface area contributed by atoms with Gasteiger partial charge in [-0.2, -0.15) is 0 Å². The van der Waals surface area contributed by atoms with Gasteiger partial charge in [0.25, 0.3) is 0 Å². The Labute approximate surface area is 125 Å². The van der Waals surface area contributed by atoms with E-state index in [0.717, 1.165) is 22.4 Å². The molecule has 0 aliphatic heterocycles. The van der Waals surface area contributed by atoms with E-state index in [1.54, 1.807) is 13.3 Å². The Hall–Kier alpha value is -1.91. The molecule has 0 saturated carbocycles. The van der Waals surface area contributed by atoms with Crippen molar-refractivity contribution in [3.63, 3.8) is 0 Å². The smallest absolute Gasteiger partial charge is 0.161 e. The summed E-state index contributed by atoms with van der Waals surface area (Å²) in [6.07, 6.45) is 1.65. The van der Waals surface area contributed by atoms with E-state index >= 15 is 0 Å². The van der Waals surface area contributed by atoms with E-state index in [4.69, 9.17) is 27.9 Å². The number of fused-ring (bicyclic) bond motifs is 1. The van der Waals surface area contributed by atoms with Gasteiger partial charge in [0.05, 0.1) is 12.8 Å². The highest BCUT2D eigenvalue weighted by molar-refractivity contribution is 6.38. The zero-order chi connectivity index (χ0) is 14.1. The van der Waals surface area contributed by atoms with Gasteiger partial charge in [-0.1, -0.05) is 23.2 Å². The Morgan fingerprint density at radius 2 is 1.60 bits per heavy atom. The molecule has 6 heteroatoms. The predicted molar refractivity (Wildman–Crippen MR) is 79.3 cm³/mol. The summed E-state index contributed by atoms with van der Waals surface area (Å²) in [6.45, 7) is 0. The van der Waals surface area contributed by atoms with E-state index in [9.17, 15) is 0 Å². The molecule has 20 heavy (non-hydrogen) atoms. The van der Waals surface area contributed by atoms with Crippen molar-refractivity contribution in [2.75, 3.05) is 7.11 Å². The van der Waals surface area contributed by atoms with Crippen molar-refractivity contribution in [3.05, 3.63) is 46.8 Å². The number of hydrogen-bond donors (Lipinski definition) is 0. The van der Waals surface area contributed by atoms with Crippen molar-refractivity contribution >= 4 is 34.0 Å². The first-order chi connectivity index (χ1) is 9.69. The highest BCUT2D eigenvalue weighted by atomic mass is 35.5. The highest BCUT2D eigenvalue weighted by Crippen LogP contribution is 2.29. The molecule has 0 radical (unpaired) electrons. The van der Waals surface area contributed by atoms with Gasteiger partial charge < -0.3 is 4.74 Å². The molecular weight excluding hydrogens is 297 g/mol. The van der Waals surface area contributed by atoms with E-state index in [2.05, 4.69) is 15.2 Å². The Balaban J connectivity index is 2.14. The van der Waals surface area contributed by atoms with Crippen LogP contribution in [0.15, 0.2) is 36.5 Å². The topological polar surface area (TPSA) is 47.9 Å². The lowest BCUT2D eigenvalue weighted by Crippen LogP contribution is -1.90. The van der Waals surface area contributed by atoms with Crippen LogP contribution >= 0.6 is 23.2 Å². The largest absolute Gasteiger partial charge is 0.497 e. The molecule has 2 heterocycles.